The van der Waals surface area contributed by atoms with Gasteiger partial charge in [0.2, 0.25) is 0 Å². The smallest absolute Gasteiger partial charge is 0.422 e. The van der Waals surface area contributed by atoms with Crippen LogP contribution in [0.2, 0.25) is 0 Å². The van der Waals surface area contributed by atoms with Crippen LogP contribution in [0.4, 0.5) is 42.1 Å². The van der Waals surface area contributed by atoms with Gasteiger partial charge in [-0.05, 0) is 35.9 Å². The molecule has 1 aromatic heterocycles. The van der Waals surface area contributed by atoms with Crippen LogP contribution in [-0.2, 0) is 11.2 Å². The normalized spacial score (nSPS) is 14.5. The minimum Gasteiger partial charge on any atom is -0.482 e. The summed E-state index contributed by atoms with van der Waals surface area (Å²) in [5.41, 5.74) is -0.00598. The molecule has 2 aromatic carbocycles. The third-order valence-corrected chi connectivity index (χ3v) is 8.45. The second-order valence-electron chi connectivity index (χ2n) is 10.6. The minimum atomic E-state index is -4.70. The average Bonchev–Trinajstić information content (AvgIpc) is 3.34. The molecule has 15 heteroatoms. The van der Waals surface area contributed by atoms with Gasteiger partial charge in [0.1, 0.15) is 11.6 Å². The van der Waals surface area contributed by atoms with E-state index in [9.17, 15) is 35.5 Å². The summed E-state index contributed by atoms with van der Waals surface area (Å²) in [6.45, 7) is 1.24. The summed E-state index contributed by atoms with van der Waals surface area (Å²) in [6.07, 6.45) is -8.69. The average molecular weight is 675 g/mol. The van der Waals surface area contributed by atoms with Gasteiger partial charge in [0.05, 0.1) is 46.1 Å². The van der Waals surface area contributed by atoms with Crippen molar-refractivity contribution in [1.29, 1.82) is 0 Å². The van der Waals surface area contributed by atoms with Crippen molar-refractivity contribution in [3.05, 3.63) is 52.2 Å². The number of halogens is 7. The number of anilines is 2. The fourth-order valence-electron chi connectivity index (χ4n) is 5.05. The number of benzene rings is 2. The first kappa shape index (κ1) is 35.1. The molecule has 0 atom stereocenters. The highest BCUT2D eigenvalue weighted by atomic mass is 32.1. The Hall–Kier alpha value is -3.74. The zero-order valence-electron chi connectivity index (χ0n) is 25.1. The number of ether oxygens (including phenoxy) is 2. The Balaban J connectivity index is 1.57. The third kappa shape index (κ3) is 9.63. The molecule has 4 rings (SSSR count). The van der Waals surface area contributed by atoms with Gasteiger partial charge in [-0.3, -0.25) is 4.79 Å². The van der Waals surface area contributed by atoms with Crippen LogP contribution in [-0.4, -0.2) is 82.8 Å². The first-order valence-corrected chi connectivity index (χ1v) is 15.2. The Morgan fingerprint density at radius 3 is 2.48 bits per heavy atom. The number of hydrogen-bond donors (Lipinski definition) is 3. The number of likely N-dealkylation sites (tertiary alicyclic amines) is 1. The van der Waals surface area contributed by atoms with Crippen molar-refractivity contribution in [2.45, 2.75) is 37.7 Å². The number of amides is 1. The van der Waals surface area contributed by atoms with E-state index in [0.717, 1.165) is 55.9 Å². The van der Waals surface area contributed by atoms with Crippen LogP contribution in [0.25, 0.3) is 10.1 Å². The molecule has 1 saturated heterocycles. The van der Waals surface area contributed by atoms with Crippen LogP contribution in [0.5, 0.6) is 5.75 Å². The number of piperidine rings is 1. The summed E-state index contributed by atoms with van der Waals surface area (Å²) in [6, 6.07) is 6.92. The van der Waals surface area contributed by atoms with Crippen molar-refractivity contribution in [2.24, 2.45) is 0 Å². The second-order valence-corrected chi connectivity index (χ2v) is 11.6. The van der Waals surface area contributed by atoms with E-state index in [0.29, 0.717) is 22.4 Å². The summed E-state index contributed by atoms with van der Waals surface area (Å²) in [5, 5.41) is 8.76. The molecule has 0 aliphatic carbocycles. The molecular formula is C31H33F7N4O3S. The fourth-order valence-corrected chi connectivity index (χ4v) is 6.22. The van der Waals surface area contributed by atoms with Gasteiger partial charge in [-0.1, -0.05) is 24.0 Å². The van der Waals surface area contributed by atoms with E-state index in [1.807, 2.05) is 6.07 Å². The Morgan fingerprint density at radius 1 is 1.09 bits per heavy atom. The van der Waals surface area contributed by atoms with Gasteiger partial charge in [-0.15, -0.1) is 11.3 Å². The quantitative estimate of drug-likeness (QED) is 0.161. The number of hydrogen-bond acceptors (Lipinski definition) is 7. The highest BCUT2D eigenvalue weighted by Gasteiger charge is 2.32. The maximum Gasteiger partial charge on any atom is 0.422 e. The van der Waals surface area contributed by atoms with Gasteiger partial charge in [0, 0.05) is 45.9 Å². The lowest BCUT2D eigenvalue weighted by Crippen LogP contribution is -2.40. The number of alkyl halides is 6. The lowest BCUT2D eigenvalue weighted by atomic mass is 10.0. The maximum absolute atomic E-state index is 14.6. The zero-order valence-corrected chi connectivity index (χ0v) is 25.9. The van der Waals surface area contributed by atoms with Crippen LogP contribution in [0.3, 0.4) is 0 Å². The molecule has 3 aromatic rings. The summed E-state index contributed by atoms with van der Waals surface area (Å²) >= 11 is 1.12. The van der Waals surface area contributed by atoms with Crippen LogP contribution >= 0.6 is 11.3 Å². The monoisotopic (exact) mass is 674 g/mol. The number of thiophene rings is 1. The second kappa shape index (κ2) is 15.2. The summed E-state index contributed by atoms with van der Waals surface area (Å²) in [5.74, 6) is 3.12. The highest BCUT2D eigenvalue weighted by molar-refractivity contribution is 7.20. The lowest BCUT2D eigenvalue weighted by Gasteiger charge is -2.32. The van der Waals surface area contributed by atoms with Gasteiger partial charge in [0.25, 0.3) is 5.91 Å². The lowest BCUT2D eigenvalue weighted by molar-refractivity contribution is -0.153. The summed E-state index contributed by atoms with van der Waals surface area (Å²) in [4.78, 5) is 14.4. The summed E-state index contributed by atoms with van der Waals surface area (Å²) in [7, 11) is 2.88. The largest absolute Gasteiger partial charge is 0.482 e. The van der Waals surface area contributed by atoms with E-state index in [2.05, 4.69) is 32.7 Å². The van der Waals surface area contributed by atoms with Gasteiger partial charge in [-0.2, -0.15) is 26.3 Å². The van der Waals surface area contributed by atoms with Crippen LogP contribution in [0.1, 0.15) is 33.6 Å². The zero-order chi connectivity index (χ0) is 33.5. The predicted octanol–water partition coefficient (Wildman–Crippen LogP) is 6.43. The number of methoxy groups -OCH3 is 1. The van der Waals surface area contributed by atoms with Crippen molar-refractivity contribution in [2.75, 3.05) is 64.2 Å². The van der Waals surface area contributed by atoms with Gasteiger partial charge >= 0.3 is 12.4 Å². The number of carbonyl (C=O) groups excluding carboxylic acids is 1. The molecule has 1 aliphatic heterocycles. The Bertz CT molecular complexity index is 1570. The van der Waals surface area contributed by atoms with E-state index in [-0.39, 0.29) is 28.7 Å². The number of rotatable bonds is 11. The SMILES string of the molecule is CNC(=O)c1cc(OCC(F)(F)F)c(NCC#Cc2sc3c(NC4CCN(CCOC)CC4)cccc3c2CC(F)(F)F)cc1F. The van der Waals surface area contributed by atoms with Gasteiger partial charge in [-0.25, -0.2) is 4.39 Å². The van der Waals surface area contributed by atoms with Crippen molar-refractivity contribution in [1.82, 2.24) is 10.2 Å². The van der Waals surface area contributed by atoms with Crippen molar-refractivity contribution < 1.29 is 45.0 Å². The molecule has 1 aliphatic rings. The van der Waals surface area contributed by atoms with Gasteiger partial charge in [0.15, 0.2) is 6.61 Å². The molecule has 0 unspecified atom stereocenters. The Labute approximate surface area is 265 Å². The molecule has 0 saturated carbocycles. The number of nitrogens with zero attached hydrogens (tertiary/aromatic N) is 1. The van der Waals surface area contributed by atoms with E-state index >= 15 is 0 Å². The number of nitrogens with one attached hydrogen (secondary N) is 3. The van der Waals surface area contributed by atoms with Crippen LogP contribution in [0.15, 0.2) is 30.3 Å². The molecule has 1 fully saturated rings. The van der Waals surface area contributed by atoms with Crippen molar-refractivity contribution in [3.63, 3.8) is 0 Å². The van der Waals surface area contributed by atoms with E-state index in [1.54, 1.807) is 19.2 Å². The van der Waals surface area contributed by atoms with Crippen LogP contribution in [0, 0.1) is 17.7 Å². The molecule has 2 heterocycles. The van der Waals surface area contributed by atoms with E-state index in [1.165, 1.54) is 7.05 Å². The first-order chi connectivity index (χ1) is 21.8. The molecule has 250 valence electrons. The van der Waals surface area contributed by atoms with Crippen molar-refractivity contribution in [3.8, 4) is 17.6 Å². The van der Waals surface area contributed by atoms with Crippen molar-refractivity contribution >= 4 is 38.7 Å². The molecule has 46 heavy (non-hydrogen) atoms. The molecule has 0 bridgehead atoms. The predicted molar refractivity (Wildman–Crippen MR) is 163 cm³/mol. The minimum absolute atomic E-state index is 0.0215. The molecule has 1 amide bonds. The molecule has 3 N–H and O–H groups in total. The Kier molecular flexibility index (Phi) is 11.6. The van der Waals surface area contributed by atoms with E-state index in [4.69, 9.17) is 9.47 Å². The van der Waals surface area contributed by atoms with E-state index < -0.39 is 48.4 Å². The molecule has 7 nitrogen and oxygen atoms in total. The molecule has 0 radical (unpaired) electrons. The topological polar surface area (TPSA) is 74.9 Å². The first-order valence-electron chi connectivity index (χ1n) is 14.3. The Morgan fingerprint density at radius 2 is 1.83 bits per heavy atom. The third-order valence-electron chi connectivity index (χ3n) is 7.26. The van der Waals surface area contributed by atoms with Crippen LogP contribution < -0.4 is 20.7 Å². The standard InChI is InChI=1S/C31H33F7N4O3S/c1-39-29(43)21-15-26(45-18-31(36,37)38)25(16-23(21)32)40-10-4-7-27-22(17-30(33,34)35)20-5-3-6-24(28(20)46-27)41-19-8-11-42(12-9-19)13-14-44-2/h3,5-6,15-16,19,40-41H,8-14,17-18H2,1-2H3,(H,39,43). The van der Waals surface area contributed by atoms with Gasteiger partial charge < -0.3 is 30.3 Å². The maximum atomic E-state index is 14.6. The molecular weight excluding hydrogens is 641 g/mol. The number of carbonyl (C=O) groups is 1. The number of fused-ring (bicyclic) bond motifs is 1. The fraction of sp³-hybridized carbons (Fsp3) is 0.452. The molecule has 0 spiro atoms. The highest BCUT2D eigenvalue weighted by Crippen LogP contribution is 2.39. The summed E-state index contributed by atoms with van der Waals surface area (Å²) < 4.78 is 105.